The molecule has 1 fully saturated rings. The second-order valence-corrected chi connectivity index (χ2v) is 9.62. The summed E-state index contributed by atoms with van der Waals surface area (Å²) in [7, 11) is -3.65. The van der Waals surface area contributed by atoms with Gasteiger partial charge in [0.1, 0.15) is 0 Å². The third kappa shape index (κ3) is 5.06. The minimum absolute atomic E-state index is 0.0312. The fourth-order valence-electron chi connectivity index (χ4n) is 3.48. The Morgan fingerprint density at radius 3 is 2.40 bits per heavy atom. The second-order valence-electron chi connectivity index (χ2n) is 7.68. The van der Waals surface area contributed by atoms with Crippen LogP contribution in [0.4, 0.5) is 5.69 Å². The lowest BCUT2D eigenvalue weighted by molar-refractivity contribution is -0.120. The number of nitrogens with zero attached hydrogens (tertiary/aromatic N) is 1. The molecule has 2 N–H and O–H groups in total. The lowest BCUT2D eigenvalue weighted by Gasteiger charge is -2.31. The molecule has 160 valence electrons. The smallest absolute Gasteiger partial charge is 0.253 e. The average Bonchev–Trinajstić information content (AvgIpc) is 2.74. The van der Waals surface area contributed by atoms with Gasteiger partial charge in [0.25, 0.3) is 5.91 Å². The van der Waals surface area contributed by atoms with E-state index >= 15 is 0 Å². The Morgan fingerprint density at radius 1 is 1.03 bits per heavy atom. The molecule has 0 aromatic heterocycles. The van der Waals surface area contributed by atoms with Crippen LogP contribution in [-0.2, 0) is 14.8 Å². The molecule has 7 nitrogen and oxygen atoms in total. The van der Waals surface area contributed by atoms with Crippen molar-refractivity contribution in [2.75, 3.05) is 18.4 Å². The topological polar surface area (TPSA) is 95.6 Å². The Kier molecular flexibility index (Phi) is 6.89. The molecular formula is C22H27N3O4S. The van der Waals surface area contributed by atoms with Crippen LogP contribution in [0.15, 0.2) is 59.5 Å². The van der Waals surface area contributed by atoms with E-state index in [2.05, 4.69) is 10.6 Å². The Bertz CT molecular complexity index is 1010. The van der Waals surface area contributed by atoms with Crippen molar-refractivity contribution < 1.29 is 18.0 Å². The summed E-state index contributed by atoms with van der Waals surface area (Å²) in [5.41, 5.74) is 0.799. The standard InChI is InChI=1S/C22H27N3O4S/c1-16(2)23-22(27)19-12-6-7-13-20(19)24-21(26)17-9-8-14-25(15-17)30(28,29)18-10-4-3-5-11-18/h3-7,10-13,16-17H,8-9,14-15H2,1-2H3,(H,23,27)(H,24,26)/t17-/m1/s1. The van der Waals surface area contributed by atoms with Crippen LogP contribution in [0.1, 0.15) is 37.0 Å². The monoisotopic (exact) mass is 429 g/mol. The van der Waals surface area contributed by atoms with Gasteiger partial charge in [0.15, 0.2) is 0 Å². The Morgan fingerprint density at radius 2 is 1.70 bits per heavy atom. The minimum atomic E-state index is -3.65. The van der Waals surface area contributed by atoms with Crippen molar-refractivity contribution in [2.24, 2.45) is 5.92 Å². The third-order valence-electron chi connectivity index (χ3n) is 4.99. The first-order valence-corrected chi connectivity index (χ1v) is 11.5. The molecule has 0 radical (unpaired) electrons. The zero-order valence-corrected chi connectivity index (χ0v) is 18.0. The van der Waals surface area contributed by atoms with Gasteiger partial charge in [-0.05, 0) is 51.0 Å². The van der Waals surface area contributed by atoms with Crippen LogP contribution in [0.2, 0.25) is 0 Å². The van der Waals surface area contributed by atoms with Gasteiger partial charge in [0.05, 0.1) is 22.1 Å². The highest BCUT2D eigenvalue weighted by Gasteiger charge is 2.33. The van der Waals surface area contributed by atoms with Gasteiger partial charge in [-0.2, -0.15) is 4.31 Å². The fraction of sp³-hybridized carbons (Fsp3) is 0.364. The molecule has 8 heteroatoms. The number of hydrogen-bond acceptors (Lipinski definition) is 4. The first-order valence-electron chi connectivity index (χ1n) is 10.0. The highest BCUT2D eigenvalue weighted by molar-refractivity contribution is 7.89. The molecule has 3 rings (SSSR count). The van der Waals surface area contributed by atoms with Crippen molar-refractivity contribution in [1.29, 1.82) is 0 Å². The molecule has 1 heterocycles. The molecule has 30 heavy (non-hydrogen) atoms. The average molecular weight is 430 g/mol. The molecule has 1 aliphatic rings. The number of sulfonamides is 1. The number of piperidine rings is 1. The maximum atomic E-state index is 12.9. The van der Waals surface area contributed by atoms with E-state index in [1.54, 1.807) is 54.6 Å². The number of anilines is 1. The zero-order chi connectivity index (χ0) is 21.7. The summed E-state index contributed by atoms with van der Waals surface area (Å²) < 4.78 is 27.2. The SMILES string of the molecule is CC(C)NC(=O)c1ccccc1NC(=O)[C@@H]1CCCN(S(=O)(=O)c2ccccc2)C1. The number of carbonyl (C=O) groups is 2. The molecule has 0 aliphatic carbocycles. The van der Waals surface area contributed by atoms with Crippen molar-refractivity contribution >= 4 is 27.5 Å². The van der Waals surface area contributed by atoms with Crippen molar-refractivity contribution in [3.8, 4) is 0 Å². The molecule has 1 aliphatic heterocycles. The maximum Gasteiger partial charge on any atom is 0.253 e. The Balaban J connectivity index is 1.73. The first-order chi connectivity index (χ1) is 14.3. The van der Waals surface area contributed by atoms with Gasteiger partial charge >= 0.3 is 0 Å². The summed E-state index contributed by atoms with van der Waals surface area (Å²) in [6, 6.07) is 15.0. The second kappa shape index (κ2) is 9.40. The summed E-state index contributed by atoms with van der Waals surface area (Å²) >= 11 is 0. The number of carbonyl (C=O) groups excluding carboxylic acids is 2. The van der Waals surface area contributed by atoms with Gasteiger partial charge in [-0.3, -0.25) is 9.59 Å². The van der Waals surface area contributed by atoms with Crippen LogP contribution < -0.4 is 10.6 Å². The van der Waals surface area contributed by atoms with Gasteiger partial charge in [0.2, 0.25) is 15.9 Å². The van der Waals surface area contributed by atoms with Gasteiger partial charge in [-0.25, -0.2) is 8.42 Å². The molecule has 0 bridgehead atoms. The van der Waals surface area contributed by atoms with E-state index in [9.17, 15) is 18.0 Å². The number of hydrogen-bond donors (Lipinski definition) is 2. The molecule has 1 atom stereocenters. The maximum absolute atomic E-state index is 12.9. The van der Waals surface area contributed by atoms with Crippen molar-refractivity contribution in [3.63, 3.8) is 0 Å². The van der Waals surface area contributed by atoms with E-state index in [1.165, 1.54) is 4.31 Å². The minimum Gasteiger partial charge on any atom is -0.350 e. The Labute approximate surface area is 177 Å². The molecule has 2 amide bonds. The van der Waals surface area contributed by atoms with Crippen LogP contribution in [0, 0.1) is 5.92 Å². The quantitative estimate of drug-likeness (QED) is 0.738. The highest BCUT2D eigenvalue weighted by atomic mass is 32.2. The number of amides is 2. The summed E-state index contributed by atoms with van der Waals surface area (Å²) in [6.45, 7) is 4.23. The fourth-order valence-corrected chi connectivity index (χ4v) is 5.03. The molecule has 0 saturated carbocycles. The number of rotatable bonds is 6. The van der Waals surface area contributed by atoms with E-state index in [0.29, 0.717) is 30.6 Å². The molecule has 1 saturated heterocycles. The predicted octanol–water partition coefficient (Wildman–Crippen LogP) is 2.86. The van der Waals surface area contributed by atoms with Crippen LogP contribution >= 0.6 is 0 Å². The molecule has 2 aromatic rings. The molecule has 0 spiro atoms. The summed E-state index contributed by atoms with van der Waals surface area (Å²) in [6.07, 6.45) is 1.19. The van der Waals surface area contributed by atoms with E-state index in [-0.39, 0.29) is 29.3 Å². The predicted molar refractivity (Wildman–Crippen MR) is 116 cm³/mol. The third-order valence-corrected chi connectivity index (χ3v) is 6.86. The van der Waals surface area contributed by atoms with Crippen molar-refractivity contribution in [1.82, 2.24) is 9.62 Å². The normalized spacial score (nSPS) is 17.5. The Hall–Kier alpha value is -2.71. The lowest BCUT2D eigenvalue weighted by atomic mass is 9.98. The number of para-hydroxylation sites is 1. The van der Waals surface area contributed by atoms with Gasteiger partial charge in [-0.15, -0.1) is 0 Å². The van der Waals surface area contributed by atoms with E-state index in [4.69, 9.17) is 0 Å². The van der Waals surface area contributed by atoms with Gasteiger partial charge < -0.3 is 10.6 Å². The lowest BCUT2D eigenvalue weighted by Crippen LogP contribution is -2.43. The molecule has 0 unspecified atom stereocenters. The van der Waals surface area contributed by atoms with E-state index < -0.39 is 15.9 Å². The first kappa shape index (κ1) is 22.0. The summed E-state index contributed by atoms with van der Waals surface area (Å²) in [5, 5.41) is 5.64. The summed E-state index contributed by atoms with van der Waals surface area (Å²) in [4.78, 5) is 25.6. The van der Waals surface area contributed by atoms with E-state index in [1.807, 2.05) is 13.8 Å². The highest BCUT2D eigenvalue weighted by Crippen LogP contribution is 2.25. The summed E-state index contributed by atoms with van der Waals surface area (Å²) in [5.74, 6) is -1.04. The zero-order valence-electron chi connectivity index (χ0n) is 17.2. The van der Waals surface area contributed by atoms with E-state index in [0.717, 1.165) is 0 Å². The van der Waals surface area contributed by atoms with Crippen LogP contribution in [0.5, 0.6) is 0 Å². The van der Waals surface area contributed by atoms with Crippen molar-refractivity contribution in [2.45, 2.75) is 37.6 Å². The largest absolute Gasteiger partial charge is 0.350 e. The van der Waals surface area contributed by atoms with Crippen LogP contribution in [0.25, 0.3) is 0 Å². The molecular weight excluding hydrogens is 402 g/mol. The van der Waals surface area contributed by atoms with Gasteiger partial charge in [0, 0.05) is 19.1 Å². The number of nitrogens with one attached hydrogen (secondary N) is 2. The molecule has 2 aromatic carbocycles. The number of benzene rings is 2. The van der Waals surface area contributed by atoms with Crippen molar-refractivity contribution in [3.05, 3.63) is 60.2 Å². The van der Waals surface area contributed by atoms with Crippen LogP contribution in [-0.4, -0.2) is 43.7 Å². The van der Waals surface area contributed by atoms with Gasteiger partial charge in [-0.1, -0.05) is 30.3 Å². The van der Waals surface area contributed by atoms with Crippen LogP contribution in [0.3, 0.4) is 0 Å².